The monoisotopic (exact) mass is 461 g/mol. The number of carbonyl (C=O) groups excluding carboxylic acids is 2. The molecule has 1 aromatic heterocycles. The first kappa shape index (κ1) is 22.4. The Hall–Kier alpha value is -3.24. The molecule has 3 N–H and O–H groups in total. The van der Waals surface area contributed by atoms with Crippen LogP contribution in [0.25, 0.3) is 0 Å². The average Bonchev–Trinajstić information content (AvgIpc) is 3.14. The van der Waals surface area contributed by atoms with Crippen molar-refractivity contribution in [1.29, 1.82) is 0 Å². The van der Waals surface area contributed by atoms with E-state index in [1.54, 1.807) is 6.07 Å². The van der Waals surface area contributed by atoms with Gasteiger partial charge in [0.05, 0.1) is 9.77 Å². The van der Waals surface area contributed by atoms with Gasteiger partial charge >= 0.3 is 0 Å². The van der Waals surface area contributed by atoms with Gasteiger partial charge in [-0.2, -0.15) is 0 Å². The molecule has 0 radical (unpaired) electrons. The van der Waals surface area contributed by atoms with E-state index in [1.165, 1.54) is 47.7 Å². The maximum Gasteiger partial charge on any atom is 0.279 e. The minimum atomic E-state index is -3.91. The molecule has 10 heteroatoms. The molecule has 0 aliphatic heterocycles. The Morgan fingerprint density at radius 3 is 2.16 bits per heavy atom. The number of nitrogens with one attached hydrogen (secondary N) is 3. The largest absolute Gasteiger partial charge is 0.280 e. The Kier molecular flexibility index (Phi) is 6.71. The van der Waals surface area contributed by atoms with Gasteiger partial charge in [-0.15, -0.1) is 11.3 Å². The second kappa shape index (κ2) is 9.27. The number of amides is 2. The molecule has 0 unspecified atom stereocenters. The number of thiophene rings is 1. The standard InChI is InChI=1S/C21H20FN3O4S2/c1-3-18-13(2)12-19(30-18)21(27)24-23-20(26)14-4-10-17(11-5-14)31(28,29)25-16-8-6-15(22)7-9-16/h4-12,25H,3H2,1-2H3,(H,23,26)(H,24,27). The topological polar surface area (TPSA) is 104 Å². The quantitative estimate of drug-likeness (QED) is 0.488. The first-order chi connectivity index (χ1) is 14.7. The number of halogens is 1. The number of aryl methyl sites for hydroxylation is 2. The predicted octanol–water partition coefficient (Wildman–Crippen LogP) is 3.63. The molecule has 0 fully saturated rings. The summed E-state index contributed by atoms with van der Waals surface area (Å²) < 4.78 is 40.2. The summed E-state index contributed by atoms with van der Waals surface area (Å²) in [7, 11) is -3.91. The van der Waals surface area contributed by atoms with Crippen molar-refractivity contribution in [1.82, 2.24) is 10.9 Å². The molecule has 0 spiro atoms. The number of anilines is 1. The molecule has 0 bridgehead atoms. The fourth-order valence-electron chi connectivity index (χ4n) is 2.75. The summed E-state index contributed by atoms with van der Waals surface area (Å²) in [5.74, 6) is -1.50. The van der Waals surface area contributed by atoms with Crippen LogP contribution in [0.15, 0.2) is 59.5 Å². The number of hydrogen-bond acceptors (Lipinski definition) is 5. The first-order valence-electron chi connectivity index (χ1n) is 9.28. The molecule has 2 aromatic carbocycles. The van der Waals surface area contributed by atoms with E-state index in [2.05, 4.69) is 15.6 Å². The third-order valence-electron chi connectivity index (χ3n) is 4.38. The summed E-state index contributed by atoms with van der Waals surface area (Å²) in [6.45, 7) is 3.92. The smallest absolute Gasteiger partial charge is 0.279 e. The highest BCUT2D eigenvalue weighted by Gasteiger charge is 2.16. The fourth-order valence-corrected chi connectivity index (χ4v) is 4.82. The van der Waals surface area contributed by atoms with Gasteiger partial charge in [-0.05, 0) is 73.5 Å². The van der Waals surface area contributed by atoms with Gasteiger partial charge in [-0.3, -0.25) is 25.2 Å². The second-order valence-corrected chi connectivity index (χ2v) is 9.43. The minimum Gasteiger partial charge on any atom is -0.280 e. The van der Waals surface area contributed by atoms with E-state index in [-0.39, 0.29) is 16.1 Å². The number of hydrazine groups is 1. The van der Waals surface area contributed by atoms with Crippen LogP contribution < -0.4 is 15.6 Å². The van der Waals surface area contributed by atoms with Crippen molar-refractivity contribution in [2.75, 3.05) is 4.72 Å². The molecular weight excluding hydrogens is 441 g/mol. The van der Waals surface area contributed by atoms with Gasteiger partial charge in [0.25, 0.3) is 21.8 Å². The maximum atomic E-state index is 13.0. The lowest BCUT2D eigenvalue weighted by Gasteiger charge is -2.09. The van der Waals surface area contributed by atoms with Crippen LogP contribution in [0.4, 0.5) is 10.1 Å². The van der Waals surface area contributed by atoms with E-state index in [0.717, 1.165) is 29.0 Å². The van der Waals surface area contributed by atoms with Crippen LogP contribution in [-0.4, -0.2) is 20.2 Å². The van der Waals surface area contributed by atoms with Gasteiger partial charge in [0.2, 0.25) is 0 Å². The van der Waals surface area contributed by atoms with Crippen molar-refractivity contribution in [3.63, 3.8) is 0 Å². The van der Waals surface area contributed by atoms with E-state index in [1.807, 2.05) is 13.8 Å². The molecule has 31 heavy (non-hydrogen) atoms. The molecule has 3 aromatic rings. The number of sulfonamides is 1. The Morgan fingerprint density at radius 1 is 0.968 bits per heavy atom. The highest BCUT2D eigenvalue weighted by molar-refractivity contribution is 7.92. The Morgan fingerprint density at radius 2 is 1.58 bits per heavy atom. The highest BCUT2D eigenvalue weighted by atomic mass is 32.2. The average molecular weight is 462 g/mol. The first-order valence-corrected chi connectivity index (χ1v) is 11.6. The van der Waals surface area contributed by atoms with Crippen LogP contribution in [0.3, 0.4) is 0 Å². The van der Waals surface area contributed by atoms with Crippen LogP contribution in [0, 0.1) is 12.7 Å². The number of rotatable bonds is 6. The molecule has 0 aliphatic rings. The van der Waals surface area contributed by atoms with Crippen LogP contribution in [-0.2, 0) is 16.4 Å². The molecular formula is C21H20FN3O4S2. The van der Waals surface area contributed by atoms with Crippen molar-refractivity contribution in [3.05, 3.63) is 81.3 Å². The van der Waals surface area contributed by atoms with E-state index in [4.69, 9.17) is 0 Å². The lowest BCUT2D eigenvalue weighted by atomic mass is 10.2. The van der Waals surface area contributed by atoms with Crippen LogP contribution in [0.1, 0.15) is 37.4 Å². The zero-order valence-electron chi connectivity index (χ0n) is 16.7. The lowest BCUT2D eigenvalue weighted by molar-refractivity contribution is 0.0849. The van der Waals surface area contributed by atoms with Crippen LogP contribution in [0.5, 0.6) is 0 Å². The van der Waals surface area contributed by atoms with Crippen molar-refractivity contribution in [2.45, 2.75) is 25.2 Å². The van der Waals surface area contributed by atoms with Crippen molar-refractivity contribution in [2.24, 2.45) is 0 Å². The third-order valence-corrected chi connectivity index (χ3v) is 7.16. The molecule has 0 aliphatic carbocycles. The Balaban J connectivity index is 1.62. The van der Waals surface area contributed by atoms with Crippen LogP contribution >= 0.6 is 11.3 Å². The number of benzene rings is 2. The van der Waals surface area contributed by atoms with Crippen molar-refractivity contribution in [3.8, 4) is 0 Å². The fraction of sp³-hybridized carbons (Fsp3) is 0.143. The highest BCUT2D eigenvalue weighted by Crippen LogP contribution is 2.22. The SMILES string of the molecule is CCc1sc(C(=O)NNC(=O)c2ccc(S(=O)(=O)Nc3ccc(F)cc3)cc2)cc1C. The molecule has 0 saturated heterocycles. The van der Waals surface area contributed by atoms with Crippen molar-refractivity contribution < 1.29 is 22.4 Å². The molecule has 0 saturated carbocycles. The van der Waals surface area contributed by atoms with Crippen molar-refractivity contribution >= 4 is 38.9 Å². The van der Waals surface area contributed by atoms with Gasteiger partial charge in [-0.25, -0.2) is 12.8 Å². The van der Waals surface area contributed by atoms with Gasteiger partial charge in [0, 0.05) is 16.1 Å². The van der Waals surface area contributed by atoms with E-state index in [9.17, 15) is 22.4 Å². The molecule has 162 valence electrons. The predicted molar refractivity (Wildman–Crippen MR) is 117 cm³/mol. The lowest BCUT2D eigenvalue weighted by Crippen LogP contribution is -2.41. The van der Waals surface area contributed by atoms with Gasteiger partial charge in [-0.1, -0.05) is 6.92 Å². The van der Waals surface area contributed by atoms with Gasteiger partial charge < -0.3 is 0 Å². The van der Waals surface area contributed by atoms with Crippen LogP contribution in [0.2, 0.25) is 0 Å². The number of carbonyl (C=O) groups is 2. The summed E-state index contributed by atoms with van der Waals surface area (Å²) in [5.41, 5.74) is 6.07. The summed E-state index contributed by atoms with van der Waals surface area (Å²) in [4.78, 5) is 26.0. The van der Waals surface area contributed by atoms with Gasteiger partial charge in [0.1, 0.15) is 5.82 Å². The Labute approximate surface area is 183 Å². The van der Waals surface area contributed by atoms with E-state index >= 15 is 0 Å². The Bertz CT molecular complexity index is 1200. The summed E-state index contributed by atoms with van der Waals surface area (Å²) in [6, 6.07) is 11.8. The van der Waals surface area contributed by atoms with E-state index < -0.39 is 27.7 Å². The summed E-state index contributed by atoms with van der Waals surface area (Å²) in [6.07, 6.45) is 0.821. The molecule has 7 nitrogen and oxygen atoms in total. The minimum absolute atomic E-state index is 0.0708. The van der Waals surface area contributed by atoms with Gasteiger partial charge in [0.15, 0.2) is 0 Å². The third kappa shape index (κ3) is 5.47. The molecule has 0 atom stereocenters. The summed E-state index contributed by atoms with van der Waals surface area (Å²) in [5, 5.41) is 0. The zero-order valence-corrected chi connectivity index (χ0v) is 18.4. The van der Waals surface area contributed by atoms with E-state index in [0.29, 0.717) is 4.88 Å². The molecule has 1 heterocycles. The summed E-state index contributed by atoms with van der Waals surface area (Å²) >= 11 is 1.36. The second-order valence-electron chi connectivity index (χ2n) is 6.62. The zero-order chi connectivity index (χ0) is 22.6. The maximum absolute atomic E-state index is 13.0. The molecule has 3 rings (SSSR count). The molecule has 2 amide bonds. The normalized spacial score (nSPS) is 11.1. The number of hydrogen-bond donors (Lipinski definition) is 3.